The zero-order valence-electron chi connectivity index (χ0n) is 16.0. The van der Waals surface area contributed by atoms with Gasteiger partial charge < -0.3 is 10.6 Å². The second kappa shape index (κ2) is 7.98. The van der Waals surface area contributed by atoms with Gasteiger partial charge in [-0.15, -0.1) is 0 Å². The van der Waals surface area contributed by atoms with Gasteiger partial charge in [0.2, 0.25) is 0 Å². The highest BCUT2D eigenvalue weighted by molar-refractivity contribution is 6.13. The van der Waals surface area contributed by atoms with E-state index < -0.39 is 0 Å². The molecule has 0 atom stereocenters. The van der Waals surface area contributed by atoms with Crippen molar-refractivity contribution >= 4 is 34.0 Å². The Bertz CT molecular complexity index is 1190. The molecule has 0 spiro atoms. The molecule has 0 aliphatic rings. The average molecular weight is 380 g/mol. The topological polar surface area (TPSA) is 58.2 Å². The third kappa shape index (κ3) is 4.01. The van der Waals surface area contributed by atoms with Crippen molar-refractivity contribution in [1.29, 1.82) is 0 Å². The Hall–Kier alpha value is -3.92. The quantitative estimate of drug-likeness (QED) is 0.480. The van der Waals surface area contributed by atoms with Crippen LogP contribution in [0.25, 0.3) is 10.8 Å². The lowest BCUT2D eigenvalue weighted by atomic mass is 10.0. The summed E-state index contributed by atoms with van der Waals surface area (Å²) in [5.41, 5.74) is 3.48. The Kier molecular flexibility index (Phi) is 5.08. The van der Waals surface area contributed by atoms with Gasteiger partial charge in [0.15, 0.2) is 0 Å². The molecule has 0 aliphatic carbocycles. The first-order valence-corrected chi connectivity index (χ1v) is 9.38. The standard InChI is InChI=1S/C25H20N2O2/c1-17-16-20(14-15-23(17)27-24(28)19-9-3-2-4-10-19)26-25(29)22-13-7-11-18-8-5-6-12-21(18)22/h2-16H,1H3,(H,26,29)(H,27,28). The van der Waals surface area contributed by atoms with Gasteiger partial charge in [0, 0.05) is 22.5 Å². The van der Waals surface area contributed by atoms with Crippen molar-refractivity contribution in [3.8, 4) is 0 Å². The number of rotatable bonds is 4. The fourth-order valence-electron chi connectivity index (χ4n) is 3.29. The predicted octanol–water partition coefficient (Wildman–Crippen LogP) is 5.65. The molecule has 0 saturated carbocycles. The SMILES string of the molecule is Cc1cc(NC(=O)c2cccc3ccccc23)ccc1NC(=O)c1ccccc1. The van der Waals surface area contributed by atoms with Gasteiger partial charge >= 0.3 is 0 Å². The van der Waals surface area contributed by atoms with Crippen molar-refractivity contribution in [2.45, 2.75) is 6.92 Å². The number of hydrogen-bond acceptors (Lipinski definition) is 2. The molecular weight excluding hydrogens is 360 g/mol. The van der Waals surface area contributed by atoms with E-state index >= 15 is 0 Å². The highest BCUT2D eigenvalue weighted by atomic mass is 16.2. The van der Waals surface area contributed by atoms with E-state index in [0.717, 1.165) is 16.3 Å². The monoisotopic (exact) mass is 380 g/mol. The molecule has 142 valence electrons. The van der Waals surface area contributed by atoms with Crippen molar-refractivity contribution in [1.82, 2.24) is 0 Å². The molecule has 4 rings (SSSR count). The molecule has 2 amide bonds. The Morgan fingerprint density at radius 2 is 1.41 bits per heavy atom. The van der Waals surface area contributed by atoms with Crippen LogP contribution >= 0.6 is 0 Å². The maximum absolute atomic E-state index is 12.8. The smallest absolute Gasteiger partial charge is 0.256 e. The second-order valence-electron chi connectivity index (χ2n) is 6.83. The minimum atomic E-state index is -0.166. The number of aryl methyl sites for hydroxylation is 1. The maximum Gasteiger partial charge on any atom is 0.256 e. The normalized spacial score (nSPS) is 10.5. The molecule has 4 aromatic carbocycles. The van der Waals surface area contributed by atoms with E-state index in [-0.39, 0.29) is 11.8 Å². The van der Waals surface area contributed by atoms with Gasteiger partial charge in [0.05, 0.1) is 0 Å². The molecule has 0 aliphatic heterocycles. The van der Waals surface area contributed by atoms with Gasteiger partial charge in [0.25, 0.3) is 11.8 Å². The molecule has 0 radical (unpaired) electrons. The first kappa shape index (κ1) is 18.4. The predicted molar refractivity (Wildman–Crippen MR) is 117 cm³/mol. The molecular formula is C25H20N2O2. The molecule has 2 N–H and O–H groups in total. The summed E-state index contributed by atoms with van der Waals surface area (Å²) in [6.07, 6.45) is 0. The third-order valence-electron chi connectivity index (χ3n) is 4.80. The number of anilines is 2. The zero-order chi connectivity index (χ0) is 20.2. The van der Waals surface area contributed by atoms with Crippen molar-refractivity contribution in [2.24, 2.45) is 0 Å². The van der Waals surface area contributed by atoms with E-state index in [1.165, 1.54) is 0 Å². The number of carbonyl (C=O) groups is 2. The summed E-state index contributed by atoms with van der Waals surface area (Å²) in [7, 11) is 0. The first-order valence-electron chi connectivity index (χ1n) is 9.38. The van der Waals surface area contributed by atoms with Crippen LogP contribution in [0.1, 0.15) is 26.3 Å². The summed E-state index contributed by atoms with van der Waals surface area (Å²) < 4.78 is 0. The average Bonchev–Trinajstić information content (AvgIpc) is 2.75. The minimum Gasteiger partial charge on any atom is -0.322 e. The number of amides is 2. The maximum atomic E-state index is 12.8. The van der Waals surface area contributed by atoms with Gasteiger partial charge in [-0.1, -0.05) is 54.6 Å². The first-order chi connectivity index (χ1) is 14.1. The molecule has 0 saturated heterocycles. The molecule has 4 nitrogen and oxygen atoms in total. The lowest BCUT2D eigenvalue weighted by molar-refractivity contribution is 0.101. The van der Waals surface area contributed by atoms with Crippen molar-refractivity contribution in [3.05, 3.63) is 108 Å². The Morgan fingerprint density at radius 1 is 0.690 bits per heavy atom. The summed E-state index contributed by atoms with van der Waals surface area (Å²) in [5.74, 6) is -0.330. The lowest BCUT2D eigenvalue weighted by Crippen LogP contribution is -2.14. The number of fused-ring (bicyclic) bond motifs is 1. The van der Waals surface area contributed by atoms with E-state index in [0.29, 0.717) is 22.5 Å². The van der Waals surface area contributed by atoms with Gasteiger partial charge in [-0.3, -0.25) is 9.59 Å². The highest BCUT2D eigenvalue weighted by Gasteiger charge is 2.12. The highest BCUT2D eigenvalue weighted by Crippen LogP contribution is 2.23. The number of hydrogen-bond donors (Lipinski definition) is 2. The third-order valence-corrected chi connectivity index (χ3v) is 4.80. The Balaban J connectivity index is 1.52. The summed E-state index contributed by atoms with van der Waals surface area (Å²) >= 11 is 0. The molecule has 0 bridgehead atoms. The molecule has 0 heterocycles. The summed E-state index contributed by atoms with van der Waals surface area (Å²) in [6, 6.07) is 28.0. The van der Waals surface area contributed by atoms with E-state index in [2.05, 4.69) is 10.6 Å². The van der Waals surface area contributed by atoms with E-state index in [4.69, 9.17) is 0 Å². The molecule has 4 aromatic rings. The minimum absolute atomic E-state index is 0.165. The fourth-order valence-corrected chi connectivity index (χ4v) is 3.29. The largest absolute Gasteiger partial charge is 0.322 e. The number of nitrogens with one attached hydrogen (secondary N) is 2. The van der Waals surface area contributed by atoms with Crippen LogP contribution in [0.4, 0.5) is 11.4 Å². The summed E-state index contributed by atoms with van der Waals surface area (Å²) in [6.45, 7) is 1.90. The van der Waals surface area contributed by atoms with Crippen LogP contribution < -0.4 is 10.6 Å². The van der Waals surface area contributed by atoms with Crippen LogP contribution in [0.2, 0.25) is 0 Å². The van der Waals surface area contributed by atoms with E-state index in [9.17, 15) is 9.59 Å². The van der Waals surface area contributed by atoms with Gasteiger partial charge in [-0.2, -0.15) is 0 Å². The van der Waals surface area contributed by atoms with Crippen molar-refractivity contribution < 1.29 is 9.59 Å². The van der Waals surface area contributed by atoms with Crippen LogP contribution in [-0.2, 0) is 0 Å². The molecule has 4 heteroatoms. The second-order valence-corrected chi connectivity index (χ2v) is 6.83. The number of benzene rings is 4. The Labute approximate surface area is 169 Å². The van der Waals surface area contributed by atoms with Gasteiger partial charge in [-0.05, 0) is 59.7 Å². The summed E-state index contributed by atoms with van der Waals surface area (Å²) in [4.78, 5) is 25.2. The van der Waals surface area contributed by atoms with Crippen molar-refractivity contribution in [2.75, 3.05) is 10.6 Å². The zero-order valence-corrected chi connectivity index (χ0v) is 16.0. The molecule has 0 fully saturated rings. The van der Waals surface area contributed by atoms with Gasteiger partial charge in [-0.25, -0.2) is 0 Å². The molecule has 0 aromatic heterocycles. The van der Waals surface area contributed by atoms with Gasteiger partial charge in [0.1, 0.15) is 0 Å². The van der Waals surface area contributed by atoms with Crippen molar-refractivity contribution in [3.63, 3.8) is 0 Å². The molecule has 0 unspecified atom stereocenters. The van der Waals surface area contributed by atoms with Crippen LogP contribution in [0, 0.1) is 6.92 Å². The van der Waals surface area contributed by atoms with E-state index in [1.807, 2.05) is 73.7 Å². The van der Waals surface area contributed by atoms with Crippen LogP contribution in [0.15, 0.2) is 91.0 Å². The van der Waals surface area contributed by atoms with Crippen LogP contribution in [-0.4, -0.2) is 11.8 Å². The van der Waals surface area contributed by atoms with Crippen LogP contribution in [0.3, 0.4) is 0 Å². The number of carbonyl (C=O) groups excluding carboxylic acids is 2. The Morgan fingerprint density at radius 3 is 2.21 bits per heavy atom. The fraction of sp³-hybridized carbons (Fsp3) is 0.0400. The summed E-state index contributed by atoms with van der Waals surface area (Å²) in [5, 5.41) is 7.80. The van der Waals surface area contributed by atoms with E-state index in [1.54, 1.807) is 24.3 Å². The molecule has 29 heavy (non-hydrogen) atoms. The van der Waals surface area contributed by atoms with Crippen LogP contribution in [0.5, 0.6) is 0 Å². The lowest BCUT2D eigenvalue weighted by Gasteiger charge is -2.12.